The lowest BCUT2D eigenvalue weighted by molar-refractivity contribution is -0.143. The Morgan fingerprint density at radius 2 is 2.14 bits per heavy atom. The fraction of sp³-hybridized carbons (Fsp3) is 0.409. The number of aliphatic imine (C=N–C) groups is 2. The quantitative estimate of drug-likeness (QED) is 0.638. The fourth-order valence-electron chi connectivity index (χ4n) is 3.03. The van der Waals surface area contributed by atoms with Gasteiger partial charge in [-0.3, -0.25) is 4.79 Å². The van der Waals surface area contributed by atoms with E-state index in [1.807, 2.05) is 18.7 Å². The number of carbonyl (C=O) groups is 1. The molecule has 7 nitrogen and oxygen atoms in total. The number of rotatable bonds is 9. The standard InChI is InChI=1S/C22H29N3O4/c1-6-23-22-21(15(3)4)24-19(25(22)12-8-9-20(27)29-7-2)14-16-13-17(28-5)10-11-18(16)26/h6,10-11,13,26H,1,7-9,12,14H2,2-5H3. The first-order chi connectivity index (χ1) is 13.9. The second-order valence-electron chi connectivity index (χ2n) is 6.74. The molecule has 0 radical (unpaired) electrons. The van der Waals surface area contributed by atoms with Crippen molar-refractivity contribution in [2.24, 2.45) is 9.98 Å². The van der Waals surface area contributed by atoms with Gasteiger partial charge in [0.05, 0.1) is 13.7 Å². The van der Waals surface area contributed by atoms with Crippen LogP contribution in [-0.2, 0) is 16.0 Å². The molecule has 0 aliphatic carbocycles. The number of amidine groups is 2. The van der Waals surface area contributed by atoms with Crippen molar-refractivity contribution >= 4 is 17.6 Å². The lowest BCUT2D eigenvalue weighted by Gasteiger charge is -2.21. The fourth-order valence-corrected chi connectivity index (χ4v) is 3.03. The van der Waals surface area contributed by atoms with Crippen LogP contribution in [-0.4, -0.2) is 47.9 Å². The molecule has 0 saturated heterocycles. The molecule has 1 aromatic carbocycles. The molecular weight excluding hydrogens is 370 g/mol. The molecule has 7 heteroatoms. The molecule has 0 spiro atoms. The Kier molecular flexibility index (Phi) is 8.00. The van der Waals surface area contributed by atoms with Crippen molar-refractivity contribution in [3.63, 3.8) is 0 Å². The van der Waals surface area contributed by atoms with Crippen LogP contribution in [0, 0.1) is 0 Å². The zero-order valence-electron chi connectivity index (χ0n) is 17.6. The molecule has 1 aliphatic rings. The molecule has 0 atom stereocenters. The van der Waals surface area contributed by atoms with E-state index in [9.17, 15) is 9.90 Å². The summed E-state index contributed by atoms with van der Waals surface area (Å²) in [5.74, 6) is 2.05. The third kappa shape index (κ3) is 5.70. The van der Waals surface area contributed by atoms with Crippen LogP contribution in [0.15, 0.2) is 52.2 Å². The highest BCUT2D eigenvalue weighted by molar-refractivity contribution is 6.16. The third-order valence-electron chi connectivity index (χ3n) is 4.41. The number of carbonyl (C=O) groups excluding carboxylic acids is 1. The zero-order chi connectivity index (χ0) is 21.4. The van der Waals surface area contributed by atoms with Crippen molar-refractivity contribution in [1.82, 2.24) is 4.90 Å². The van der Waals surface area contributed by atoms with Crippen LogP contribution in [0.25, 0.3) is 0 Å². The molecule has 0 amide bonds. The van der Waals surface area contributed by atoms with Gasteiger partial charge >= 0.3 is 5.97 Å². The molecule has 0 bridgehead atoms. The molecule has 2 rings (SSSR count). The molecule has 0 fully saturated rings. The molecule has 0 aromatic heterocycles. The second-order valence-corrected chi connectivity index (χ2v) is 6.74. The van der Waals surface area contributed by atoms with E-state index in [0.717, 1.165) is 17.1 Å². The molecule has 156 valence electrons. The summed E-state index contributed by atoms with van der Waals surface area (Å²) in [6.45, 7) is 10.4. The Balaban J connectivity index is 2.31. The Hall–Kier alpha value is -3.09. The van der Waals surface area contributed by atoms with Gasteiger partial charge in [0.2, 0.25) is 0 Å². The van der Waals surface area contributed by atoms with Crippen LogP contribution in [0.2, 0.25) is 0 Å². The predicted molar refractivity (Wildman–Crippen MR) is 114 cm³/mol. The maximum absolute atomic E-state index is 11.7. The van der Waals surface area contributed by atoms with Crippen molar-refractivity contribution in [2.75, 3.05) is 20.3 Å². The maximum Gasteiger partial charge on any atom is 0.305 e. The minimum Gasteiger partial charge on any atom is -0.508 e. The number of nitrogens with zero attached hydrogens (tertiary/aromatic N) is 3. The Labute approximate surface area is 172 Å². The second kappa shape index (κ2) is 10.5. The number of ether oxygens (including phenoxy) is 2. The monoisotopic (exact) mass is 399 g/mol. The van der Waals surface area contributed by atoms with Gasteiger partial charge in [-0.1, -0.05) is 6.58 Å². The van der Waals surface area contributed by atoms with E-state index in [2.05, 4.69) is 11.6 Å². The Morgan fingerprint density at radius 3 is 2.76 bits per heavy atom. The summed E-state index contributed by atoms with van der Waals surface area (Å²) in [5.41, 5.74) is 2.50. The topological polar surface area (TPSA) is 83.7 Å². The number of hydrogen-bond donors (Lipinski definition) is 1. The Bertz CT molecular complexity index is 852. The van der Waals surface area contributed by atoms with Crippen molar-refractivity contribution in [3.05, 3.63) is 47.8 Å². The third-order valence-corrected chi connectivity index (χ3v) is 4.41. The minimum atomic E-state index is -0.222. The summed E-state index contributed by atoms with van der Waals surface area (Å²) in [7, 11) is 1.58. The van der Waals surface area contributed by atoms with Crippen LogP contribution in [0.1, 0.15) is 39.2 Å². The van der Waals surface area contributed by atoms with Gasteiger partial charge in [-0.25, -0.2) is 9.98 Å². The predicted octanol–water partition coefficient (Wildman–Crippen LogP) is 3.84. The van der Waals surface area contributed by atoms with Crippen LogP contribution >= 0.6 is 0 Å². The van der Waals surface area contributed by atoms with Gasteiger partial charge in [0.1, 0.15) is 23.0 Å². The molecule has 1 heterocycles. The van der Waals surface area contributed by atoms with E-state index in [1.54, 1.807) is 32.2 Å². The number of hydrogen-bond acceptors (Lipinski definition) is 6. The molecule has 0 unspecified atom stereocenters. The van der Waals surface area contributed by atoms with E-state index in [-0.39, 0.29) is 11.7 Å². The normalized spacial score (nSPS) is 14.8. The highest BCUT2D eigenvalue weighted by Crippen LogP contribution is 2.28. The molecule has 29 heavy (non-hydrogen) atoms. The average Bonchev–Trinajstić information content (AvgIpc) is 3.02. The van der Waals surface area contributed by atoms with Crippen molar-refractivity contribution in [1.29, 1.82) is 0 Å². The SMILES string of the molecule is C=CN=C1C(=C(C)C)N=C(Cc2cc(OC)ccc2O)N1CCCC(=O)OCC. The summed E-state index contributed by atoms with van der Waals surface area (Å²) in [6, 6.07) is 5.10. The van der Waals surface area contributed by atoms with Gasteiger partial charge in [0.25, 0.3) is 0 Å². The first-order valence-corrected chi connectivity index (χ1v) is 9.64. The van der Waals surface area contributed by atoms with E-state index >= 15 is 0 Å². The number of benzene rings is 1. The number of methoxy groups -OCH3 is 1. The van der Waals surface area contributed by atoms with Gasteiger partial charge in [0, 0.05) is 31.1 Å². The number of allylic oxidation sites excluding steroid dienone is 1. The van der Waals surface area contributed by atoms with Crippen molar-refractivity contribution < 1.29 is 19.4 Å². The average molecular weight is 399 g/mol. The van der Waals surface area contributed by atoms with Crippen molar-refractivity contribution in [2.45, 2.75) is 40.0 Å². The Morgan fingerprint density at radius 1 is 1.38 bits per heavy atom. The van der Waals surface area contributed by atoms with Crippen LogP contribution in [0.4, 0.5) is 0 Å². The molecule has 1 N–H and O–H groups in total. The smallest absolute Gasteiger partial charge is 0.305 e. The van der Waals surface area contributed by atoms with Crippen LogP contribution in [0.5, 0.6) is 11.5 Å². The van der Waals surface area contributed by atoms with E-state index in [1.165, 1.54) is 6.20 Å². The van der Waals surface area contributed by atoms with E-state index in [4.69, 9.17) is 14.5 Å². The summed E-state index contributed by atoms with van der Waals surface area (Å²) in [4.78, 5) is 22.9. The number of esters is 1. The highest BCUT2D eigenvalue weighted by atomic mass is 16.5. The first-order valence-electron chi connectivity index (χ1n) is 9.64. The first kappa shape index (κ1) is 22.2. The number of aromatic hydroxyl groups is 1. The van der Waals surface area contributed by atoms with Gasteiger partial charge in [-0.15, -0.1) is 0 Å². The van der Waals surface area contributed by atoms with Gasteiger partial charge in [-0.05, 0) is 51.0 Å². The molecule has 1 aromatic rings. The summed E-state index contributed by atoms with van der Waals surface area (Å²) >= 11 is 0. The zero-order valence-corrected chi connectivity index (χ0v) is 17.6. The number of phenolic OH excluding ortho intramolecular Hbond substituents is 1. The highest BCUT2D eigenvalue weighted by Gasteiger charge is 2.29. The van der Waals surface area contributed by atoms with Gasteiger partial charge < -0.3 is 19.5 Å². The van der Waals surface area contributed by atoms with Gasteiger partial charge in [0.15, 0.2) is 5.84 Å². The molecule has 0 saturated carbocycles. The minimum absolute atomic E-state index is 0.174. The summed E-state index contributed by atoms with van der Waals surface area (Å²) < 4.78 is 10.3. The largest absolute Gasteiger partial charge is 0.508 e. The summed E-state index contributed by atoms with van der Waals surface area (Å²) in [5, 5.41) is 10.3. The molecular formula is C22H29N3O4. The number of phenols is 1. The van der Waals surface area contributed by atoms with E-state index in [0.29, 0.717) is 49.6 Å². The van der Waals surface area contributed by atoms with Crippen LogP contribution in [0.3, 0.4) is 0 Å². The van der Waals surface area contributed by atoms with Crippen LogP contribution < -0.4 is 4.74 Å². The lowest BCUT2D eigenvalue weighted by Crippen LogP contribution is -2.34. The maximum atomic E-state index is 11.7. The van der Waals surface area contributed by atoms with Gasteiger partial charge in [-0.2, -0.15) is 0 Å². The lowest BCUT2D eigenvalue weighted by atomic mass is 10.1. The van der Waals surface area contributed by atoms with E-state index < -0.39 is 0 Å². The van der Waals surface area contributed by atoms with Crippen molar-refractivity contribution in [3.8, 4) is 11.5 Å². The summed E-state index contributed by atoms with van der Waals surface area (Å²) in [6.07, 6.45) is 2.79. The molecule has 1 aliphatic heterocycles.